The highest BCUT2D eigenvalue weighted by atomic mass is 31.2. The molecule has 0 amide bonds. The molecule has 4 N–H and O–H groups in total. The van der Waals surface area contributed by atoms with Crippen LogP contribution < -0.4 is 4.74 Å². The van der Waals surface area contributed by atoms with E-state index >= 15 is 0 Å². The molecule has 0 fully saturated rings. The molecule has 1 aromatic rings. The van der Waals surface area contributed by atoms with E-state index in [0.29, 0.717) is 5.75 Å². The molecule has 36 heavy (non-hydrogen) atoms. The maximum absolute atomic E-state index is 10.4. The van der Waals surface area contributed by atoms with Crippen molar-refractivity contribution in [2.45, 2.75) is 132 Å². The normalized spacial score (nSPS) is 19.2. The predicted octanol–water partition coefficient (Wildman–Crippen LogP) is 7.91. The third-order valence-electron chi connectivity index (χ3n) is 7.87. The summed E-state index contributed by atoms with van der Waals surface area (Å²) in [5.41, 5.74) is 4.23. The molecule has 2 rings (SSSR count). The Hall–Kier alpha value is -1.07. The van der Waals surface area contributed by atoms with Gasteiger partial charge in [-0.05, 0) is 87.8 Å². The maximum atomic E-state index is 10.4. The fraction of sp³-hybridized carbons (Fsp3) is 0.793. The van der Waals surface area contributed by atoms with Crippen LogP contribution in [0, 0.1) is 38.5 Å². The Morgan fingerprint density at radius 2 is 1.31 bits per heavy atom. The monoisotopic (exact) mass is 528 g/mol. The fourth-order valence-corrected chi connectivity index (χ4v) is 5.27. The van der Waals surface area contributed by atoms with Gasteiger partial charge in [0.2, 0.25) is 0 Å². The largest absolute Gasteiger partial charge is 0.507 e. The number of ether oxygens (including phenoxy) is 1. The van der Waals surface area contributed by atoms with Crippen molar-refractivity contribution in [1.29, 1.82) is 0 Å². The van der Waals surface area contributed by atoms with Gasteiger partial charge in [0.25, 0.3) is 0 Å². The average Bonchev–Trinajstić information content (AvgIpc) is 2.74. The van der Waals surface area contributed by atoms with E-state index in [0.717, 1.165) is 59.5 Å². The molecule has 0 radical (unpaired) electrons. The summed E-state index contributed by atoms with van der Waals surface area (Å²) >= 11 is 0. The topological polar surface area (TPSA) is 107 Å². The van der Waals surface area contributed by atoms with E-state index in [4.69, 9.17) is 24.0 Å². The van der Waals surface area contributed by atoms with Crippen molar-refractivity contribution in [2.75, 3.05) is 0 Å². The number of phosphoric acid groups is 1. The van der Waals surface area contributed by atoms with Gasteiger partial charge >= 0.3 is 7.82 Å². The number of hydrogen-bond acceptors (Lipinski definition) is 3. The lowest BCUT2D eigenvalue weighted by atomic mass is 9.84. The van der Waals surface area contributed by atoms with E-state index in [2.05, 4.69) is 41.5 Å². The second-order valence-corrected chi connectivity index (χ2v) is 13.0. The lowest BCUT2D eigenvalue weighted by Gasteiger charge is -2.38. The molecule has 0 aromatic heterocycles. The van der Waals surface area contributed by atoms with Crippen LogP contribution in [0.2, 0.25) is 0 Å². The van der Waals surface area contributed by atoms with Gasteiger partial charge in [-0.1, -0.05) is 72.6 Å². The van der Waals surface area contributed by atoms with Crippen LogP contribution in [-0.4, -0.2) is 25.4 Å². The number of hydrogen-bond donors (Lipinski definition) is 4. The van der Waals surface area contributed by atoms with Gasteiger partial charge in [-0.15, -0.1) is 0 Å². The van der Waals surface area contributed by atoms with Crippen molar-refractivity contribution < 1.29 is 29.1 Å². The Morgan fingerprint density at radius 3 is 1.81 bits per heavy atom. The first kappa shape index (κ1) is 33.0. The van der Waals surface area contributed by atoms with Crippen LogP contribution >= 0.6 is 7.82 Å². The van der Waals surface area contributed by atoms with Crippen molar-refractivity contribution in [2.24, 2.45) is 17.8 Å². The standard InChI is InChI=1S/C29H50O2.H3O4P/c1-20(2)12-9-13-21(3)14-10-15-22(4)16-11-18-29(8)19-17-26-25(7)27(30)23(5)24(6)28(26)31-29;1-5(2,3)4/h20-22,30H,9-19H2,1-8H3;(H3,1,2,3,4)/t21?,22?,29-;/m1./s1. The molecular formula is C29H53O6P. The minimum absolute atomic E-state index is 0.0712. The lowest BCUT2D eigenvalue weighted by molar-refractivity contribution is 0.0511. The number of fused-ring (bicyclic) bond motifs is 1. The lowest BCUT2D eigenvalue weighted by Crippen LogP contribution is -2.37. The van der Waals surface area contributed by atoms with Gasteiger partial charge in [0.15, 0.2) is 0 Å². The molecule has 0 spiro atoms. The molecule has 1 aromatic carbocycles. The summed E-state index contributed by atoms with van der Waals surface area (Å²) in [4.78, 5) is 21.6. The first-order valence-corrected chi connectivity index (χ1v) is 15.4. The Labute approximate surface area is 220 Å². The van der Waals surface area contributed by atoms with Crippen LogP contribution in [0.5, 0.6) is 11.5 Å². The summed E-state index contributed by atoms with van der Waals surface area (Å²) in [5.74, 6) is 4.04. The summed E-state index contributed by atoms with van der Waals surface area (Å²) in [6, 6.07) is 0. The van der Waals surface area contributed by atoms with Crippen molar-refractivity contribution in [3.63, 3.8) is 0 Å². The summed E-state index contributed by atoms with van der Waals surface area (Å²) in [6.07, 6.45) is 14.1. The molecule has 3 atom stereocenters. The molecule has 6 nitrogen and oxygen atoms in total. The molecule has 0 aliphatic carbocycles. The molecule has 1 aliphatic rings. The summed E-state index contributed by atoms with van der Waals surface area (Å²) in [5, 5.41) is 10.4. The van der Waals surface area contributed by atoms with E-state index in [9.17, 15) is 5.11 Å². The van der Waals surface area contributed by atoms with Gasteiger partial charge in [0.05, 0.1) is 0 Å². The Bertz CT molecular complexity index is 854. The molecular weight excluding hydrogens is 475 g/mol. The Morgan fingerprint density at radius 1 is 0.833 bits per heavy atom. The number of rotatable bonds is 12. The molecule has 2 unspecified atom stereocenters. The fourth-order valence-electron chi connectivity index (χ4n) is 5.27. The highest BCUT2D eigenvalue weighted by Crippen LogP contribution is 2.44. The average molecular weight is 529 g/mol. The van der Waals surface area contributed by atoms with E-state index in [1.807, 2.05) is 13.8 Å². The molecule has 1 heterocycles. The quantitative estimate of drug-likeness (QED) is 0.205. The molecule has 1 aliphatic heterocycles. The van der Waals surface area contributed by atoms with Crippen LogP contribution in [-0.2, 0) is 11.0 Å². The van der Waals surface area contributed by atoms with Crippen LogP contribution in [0.25, 0.3) is 0 Å². The van der Waals surface area contributed by atoms with Gasteiger partial charge in [-0.2, -0.15) is 0 Å². The third-order valence-corrected chi connectivity index (χ3v) is 7.87. The van der Waals surface area contributed by atoms with Gasteiger partial charge in [-0.3, -0.25) is 0 Å². The minimum atomic E-state index is -4.64. The first-order valence-electron chi connectivity index (χ1n) is 13.8. The Balaban J connectivity index is 0.00000118. The minimum Gasteiger partial charge on any atom is -0.507 e. The zero-order valence-corrected chi connectivity index (χ0v) is 25.0. The Kier molecular flexibility index (Phi) is 13.5. The van der Waals surface area contributed by atoms with E-state index in [1.165, 1.54) is 56.9 Å². The van der Waals surface area contributed by atoms with E-state index in [1.54, 1.807) is 0 Å². The maximum Gasteiger partial charge on any atom is 0.466 e. The van der Waals surface area contributed by atoms with Crippen molar-refractivity contribution >= 4 is 7.82 Å². The number of phenolic OH excluding ortho intramolecular Hbond substituents is 1. The van der Waals surface area contributed by atoms with E-state index in [-0.39, 0.29) is 5.60 Å². The summed E-state index contributed by atoms with van der Waals surface area (Å²) < 4.78 is 15.5. The summed E-state index contributed by atoms with van der Waals surface area (Å²) in [7, 11) is -4.64. The van der Waals surface area contributed by atoms with Crippen LogP contribution in [0.4, 0.5) is 0 Å². The highest BCUT2D eigenvalue weighted by molar-refractivity contribution is 7.45. The van der Waals surface area contributed by atoms with Crippen molar-refractivity contribution in [3.8, 4) is 11.5 Å². The summed E-state index contributed by atoms with van der Waals surface area (Å²) in [6.45, 7) is 17.9. The zero-order valence-electron chi connectivity index (χ0n) is 24.1. The number of benzene rings is 1. The zero-order chi connectivity index (χ0) is 27.7. The second kappa shape index (κ2) is 14.8. The van der Waals surface area contributed by atoms with Crippen molar-refractivity contribution in [3.05, 3.63) is 22.3 Å². The van der Waals surface area contributed by atoms with Crippen molar-refractivity contribution in [1.82, 2.24) is 0 Å². The van der Waals surface area contributed by atoms with Gasteiger partial charge < -0.3 is 24.5 Å². The molecule has 7 heteroatoms. The molecule has 210 valence electrons. The van der Waals surface area contributed by atoms with E-state index < -0.39 is 7.82 Å². The molecule has 0 saturated carbocycles. The van der Waals surface area contributed by atoms with Gasteiger partial charge in [0.1, 0.15) is 17.1 Å². The SMILES string of the molecule is Cc1c(C)c2c(c(C)c1O)CC[C@@](C)(CCCC(C)CCCC(C)CCCC(C)C)O2.O=P(O)(O)O. The van der Waals surface area contributed by atoms with Crippen LogP contribution in [0.3, 0.4) is 0 Å². The highest BCUT2D eigenvalue weighted by Gasteiger charge is 2.34. The van der Waals surface area contributed by atoms with Crippen LogP contribution in [0.1, 0.15) is 121 Å². The van der Waals surface area contributed by atoms with Crippen LogP contribution in [0.15, 0.2) is 0 Å². The second-order valence-electron chi connectivity index (χ2n) is 12.0. The molecule has 0 saturated heterocycles. The predicted molar refractivity (Wildman–Crippen MR) is 149 cm³/mol. The van der Waals surface area contributed by atoms with Gasteiger partial charge in [0, 0.05) is 5.56 Å². The third kappa shape index (κ3) is 12.0. The smallest absolute Gasteiger partial charge is 0.466 e. The first-order chi connectivity index (χ1) is 16.5. The molecule has 0 bridgehead atoms. The van der Waals surface area contributed by atoms with Gasteiger partial charge in [-0.25, -0.2) is 4.57 Å². The number of aromatic hydroxyl groups is 1. The number of phenols is 1.